The molecule has 0 saturated heterocycles. The molecule has 0 saturated carbocycles. The topological polar surface area (TPSA) is 18.5 Å². The van der Waals surface area contributed by atoms with Crippen LogP contribution in [0.3, 0.4) is 0 Å². The molecule has 0 spiro atoms. The van der Waals surface area contributed by atoms with Gasteiger partial charge in [-0.25, -0.2) is 0 Å². The van der Waals surface area contributed by atoms with Gasteiger partial charge in [0.05, 0.1) is 0 Å². The van der Waals surface area contributed by atoms with Gasteiger partial charge < -0.3 is 8.85 Å². The molecule has 0 aliphatic heterocycles. The van der Waals surface area contributed by atoms with Gasteiger partial charge in [-0.15, -0.1) is 0 Å². The monoisotopic (exact) mass is 218 g/mol. The first-order valence-corrected chi connectivity index (χ1v) is 7.10. The molecule has 14 heavy (non-hydrogen) atoms. The predicted molar refractivity (Wildman–Crippen MR) is 63.8 cm³/mol. The molecule has 0 N–H and O–H groups in total. The molecule has 0 rings (SSSR count). The highest BCUT2D eigenvalue weighted by molar-refractivity contribution is 6.73. The Morgan fingerprint density at radius 1 is 0.929 bits per heavy atom. The second-order valence-electron chi connectivity index (χ2n) is 5.51. The molecule has 86 valence electrons. The maximum absolute atomic E-state index is 5.82. The number of hydrogen-bond donors (Lipinski definition) is 0. The van der Waals surface area contributed by atoms with Gasteiger partial charge in [0.25, 0.3) is 0 Å². The summed E-state index contributed by atoms with van der Waals surface area (Å²) < 4.78 is 11.6. The van der Waals surface area contributed by atoms with Crippen molar-refractivity contribution in [3.63, 3.8) is 0 Å². The highest BCUT2D eigenvalue weighted by Gasteiger charge is 2.58. The van der Waals surface area contributed by atoms with Crippen LogP contribution in [0.2, 0.25) is 10.1 Å². The zero-order valence-corrected chi connectivity index (χ0v) is 12.0. The molecule has 0 radical (unpaired) electrons. The van der Waals surface area contributed by atoms with Crippen LogP contribution in [0.1, 0.15) is 48.0 Å². The van der Waals surface area contributed by atoms with Crippen LogP contribution in [0, 0.1) is 0 Å². The zero-order chi connectivity index (χ0) is 11.6. The summed E-state index contributed by atoms with van der Waals surface area (Å²) in [5, 5.41) is 0.227. The van der Waals surface area contributed by atoms with Gasteiger partial charge in [-0.1, -0.05) is 41.5 Å². The van der Waals surface area contributed by atoms with E-state index >= 15 is 0 Å². The van der Waals surface area contributed by atoms with Gasteiger partial charge in [-0.05, 0) is 6.42 Å². The summed E-state index contributed by atoms with van der Waals surface area (Å²) in [5.41, 5.74) is 0. The fraction of sp³-hybridized carbons (Fsp3) is 1.00. The lowest BCUT2D eigenvalue weighted by molar-refractivity contribution is 0.180. The first-order chi connectivity index (χ1) is 6.18. The summed E-state index contributed by atoms with van der Waals surface area (Å²) in [7, 11) is 1.41. The minimum atomic E-state index is -2.17. The van der Waals surface area contributed by atoms with E-state index in [-0.39, 0.29) is 10.1 Å². The number of rotatable bonds is 4. The van der Waals surface area contributed by atoms with Crippen LogP contribution in [0.5, 0.6) is 0 Å². The van der Waals surface area contributed by atoms with Crippen molar-refractivity contribution in [2.24, 2.45) is 0 Å². The van der Waals surface area contributed by atoms with Gasteiger partial charge in [0.15, 0.2) is 0 Å². The highest BCUT2D eigenvalue weighted by Crippen LogP contribution is 2.53. The first kappa shape index (κ1) is 14.1. The van der Waals surface area contributed by atoms with E-state index in [1.165, 1.54) is 0 Å². The van der Waals surface area contributed by atoms with E-state index < -0.39 is 8.56 Å². The van der Waals surface area contributed by atoms with Gasteiger partial charge in [-0.2, -0.15) is 0 Å². The predicted octanol–water partition coefficient (Wildman–Crippen LogP) is 3.71. The highest BCUT2D eigenvalue weighted by atomic mass is 28.4. The van der Waals surface area contributed by atoms with Crippen LogP contribution in [0.4, 0.5) is 0 Å². The second kappa shape index (κ2) is 4.33. The Bertz CT molecular complexity index is 178. The molecular weight excluding hydrogens is 192 g/mol. The normalized spacial score (nSPS) is 14.6. The molecule has 0 unspecified atom stereocenters. The lowest BCUT2D eigenvalue weighted by atomic mass is 10.1. The molecule has 0 fully saturated rings. The summed E-state index contributed by atoms with van der Waals surface area (Å²) in [4.78, 5) is 0. The summed E-state index contributed by atoms with van der Waals surface area (Å²) >= 11 is 0. The fourth-order valence-electron chi connectivity index (χ4n) is 2.50. The Kier molecular flexibility index (Phi) is 4.37. The smallest absolute Gasteiger partial charge is 0.349 e. The minimum Gasteiger partial charge on any atom is -0.397 e. The minimum absolute atomic E-state index is 0.0933. The summed E-state index contributed by atoms with van der Waals surface area (Å²) in [6.45, 7) is 13.3. The Hall–Kier alpha value is 0.137. The maximum Gasteiger partial charge on any atom is 0.349 e. The van der Waals surface area contributed by atoms with Crippen LogP contribution >= 0.6 is 0 Å². The third kappa shape index (κ3) is 2.04. The van der Waals surface area contributed by atoms with Crippen LogP contribution in [0.25, 0.3) is 0 Å². The molecule has 0 heterocycles. The molecule has 0 aromatic carbocycles. The average Bonchev–Trinajstić information content (AvgIpc) is 2.04. The van der Waals surface area contributed by atoms with Crippen molar-refractivity contribution in [2.75, 3.05) is 14.2 Å². The summed E-state index contributed by atoms with van der Waals surface area (Å²) in [6, 6.07) is 0. The van der Waals surface area contributed by atoms with E-state index in [0.717, 1.165) is 6.42 Å². The average molecular weight is 218 g/mol. The lowest BCUT2D eigenvalue weighted by Gasteiger charge is -2.48. The van der Waals surface area contributed by atoms with Crippen molar-refractivity contribution in [3.05, 3.63) is 0 Å². The van der Waals surface area contributed by atoms with E-state index in [9.17, 15) is 0 Å². The maximum atomic E-state index is 5.82. The molecule has 0 aliphatic carbocycles. The third-order valence-corrected chi connectivity index (χ3v) is 8.60. The molecule has 0 aliphatic rings. The molecular formula is C11H26O2Si. The van der Waals surface area contributed by atoms with E-state index in [1.54, 1.807) is 14.2 Å². The van der Waals surface area contributed by atoms with Gasteiger partial charge in [0.2, 0.25) is 0 Å². The van der Waals surface area contributed by atoms with Crippen molar-refractivity contribution >= 4 is 8.56 Å². The Morgan fingerprint density at radius 2 is 1.29 bits per heavy atom. The largest absolute Gasteiger partial charge is 0.397 e. The number of hydrogen-bond acceptors (Lipinski definition) is 2. The van der Waals surface area contributed by atoms with Gasteiger partial charge in [0, 0.05) is 24.3 Å². The molecule has 0 amide bonds. The van der Waals surface area contributed by atoms with Crippen molar-refractivity contribution in [3.8, 4) is 0 Å². The molecule has 2 nitrogen and oxygen atoms in total. The van der Waals surface area contributed by atoms with Crippen LogP contribution in [-0.4, -0.2) is 22.8 Å². The van der Waals surface area contributed by atoms with Crippen molar-refractivity contribution in [1.82, 2.24) is 0 Å². The first-order valence-electron chi connectivity index (χ1n) is 5.29. The van der Waals surface area contributed by atoms with Crippen molar-refractivity contribution in [2.45, 2.75) is 58.0 Å². The second-order valence-corrected chi connectivity index (χ2v) is 10.4. The van der Waals surface area contributed by atoms with E-state index in [0.29, 0.717) is 0 Å². The van der Waals surface area contributed by atoms with E-state index in [2.05, 4.69) is 41.5 Å². The Balaban J connectivity index is 5.29. The molecule has 0 bridgehead atoms. The van der Waals surface area contributed by atoms with Crippen LogP contribution in [-0.2, 0) is 8.85 Å². The standard InChI is InChI=1S/C11H26O2Si/c1-9-11(5,6)14(12-7,13-8)10(2,3)4/h9H2,1-8H3. The molecule has 3 heteroatoms. The quantitative estimate of drug-likeness (QED) is 0.670. The molecule has 0 aromatic rings. The molecule has 0 atom stereocenters. The molecule has 0 aromatic heterocycles. The van der Waals surface area contributed by atoms with E-state index in [1.807, 2.05) is 0 Å². The van der Waals surface area contributed by atoms with Gasteiger partial charge >= 0.3 is 8.56 Å². The zero-order valence-electron chi connectivity index (χ0n) is 11.0. The Labute approximate surface area is 90.2 Å². The van der Waals surface area contributed by atoms with Crippen molar-refractivity contribution in [1.29, 1.82) is 0 Å². The van der Waals surface area contributed by atoms with Gasteiger partial charge in [0.1, 0.15) is 0 Å². The third-order valence-electron chi connectivity index (χ3n) is 3.34. The Morgan fingerprint density at radius 3 is 1.36 bits per heavy atom. The SMILES string of the molecule is CCC(C)(C)[Si](OC)(OC)C(C)(C)C. The fourth-order valence-corrected chi connectivity index (χ4v) is 7.49. The van der Waals surface area contributed by atoms with Crippen LogP contribution < -0.4 is 0 Å². The van der Waals surface area contributed by atoms with E-state index in [4.69, 9.17) is 8.85 Å². The summed E-state index contributed by atoms with van der Waals surface area (Å²) in [6.07, 6.45) is 1.08. The lowest BCUT2D eigenvalue weighted by Crippen LogP contribution is -2.56. The van der Waals surface area contributed by atoms with Crippen molar-refractivity contribution < 1.29 is 8.85 Å². The summed E-state index contributed by atoms with van der Waals surface area (Å²) in [5.74, 6) is 0. The van der Waals surface area contributed by atoms with Gasteiger partial charge in [-0.3, -0.25) is 0 Å². The van der Waals surface area contributed by atoms with Crippen LogP contribution in [0.15, 0.2) is 0 Å².